The third kappa shape index (κ3) is 7.82. The van der Waals surface area contributed by atoms with Crippen molar-refractivity contribution in [2.75, 3.05) is 24.5 Å². The first-order valence-electron chi connectivity index (χ1n) is 14.8. The summed E-state index contributed by atoms with van der Waals surface area (Å²) in [5.74, 6) is 4.51. The molecule has 8 heteroatoms. The van der Waals surface area contributed by atoms with Crippen LogP contribution in [0.25, 0.3) is 10.8 Å². The van der Waals surface area contributed by atoms with Crippen molar-refractivity contribution in [3.63, 3.8) is 0 Å². The van der Waals surface area contributed by atoms with E-state index in [0.29, 0.717) is 30.9 Å². The second-order valence-corrected chi connectivity index (χ2v) is 11.2. The first kappa shape index (κ1) is 33.2. The molecular weight excluding hydrogens is 506 g/mol. The minimum Gasteiger partial charge on any atom is -0.459 e. The molecule has 0 aromatic heterocycles. The molecule has 4 rings (SSSR count). The average molecular weight is 556 g/mol. The van der Waals surface area contributed by atoms with Crippen LogP contribution in [-0.2, 0) is 19.2 Å². The summed E-state index contributed by atoms with van der Waals surface area (Å²) in [5.41, 5.74) is 2.05. The number of hydrogen-bond acceptors (Lipinski definition) is 7. The predicted molar refractivity (Wildman–Crippen MR) is 161 cm³/mol. The summed E-state index contributed by atoms with van der Waals surface area (Å²) in [6, 6.07) is 9.05. The summed E-state index contributed by atoms with van der Waals surface area (Å²) < 4.78 is 5.47. The van der Waals surface area contributed by atoms with Crippen LogP contribution in [0.4, 0.5) is 5.69 Å². The lowest BCUT2D eigenvalue weighted by molar-refractivity contribution is -0.156. The summed E-state index contributed by atoms with van der Waals surface area (Å²) in [4.78, 5) is 46.2. The van der Waals surface area contributed by atoms with Crippen LogP contribution in [0, 0.1) is 0 Å². The second kappa shape index (κ2) is 15.1. The molecule has 2 N–H and O–H groups in total. The topological polar surface area (TPSA) is 102 Å². The number of ether oxygens (including phenoxy) is 1. The van der Waals surface area contributed by atoms with Crippen LogP contribution in [0.1, 0.15) is 109 Å². The molecule has 0 saturated carbocycles. The van der Waals surface area contributed by atoms with Crippen molar-refractivity contribution in [3.05, 3.63) is 41.5 Å². The van der Waals surface area contributed by atoms with E-state index in [9.17, 15) is 14.4 Å². The third-order valence-corrected chi connectivity index (χ3v) is 6.82. The van der Waals surface area contributed by atoms with Gasteiger partial charge in [0.25, 0.3) is 5.91 Å². The van der Waals surface area contributed by atoms with Crippen LogP contribution in [0.5, 0.6) is 0 Å². The fourth-order valence-electron chi connectivity index (χ4n) is 5.36. The first-order valence-corrected chi connectivity index (χ1v) is 14.8. The number of piperidine rings is 1. The molecule has 8 nitrogen and oxygen atoms in total. The fraction of sp³-hybridized carbons (Fsp3) is 0.594. The molecule has 0 aliphatic carbocycles. The SMILES string of the molecule is CC.CCC.CCCC(C(=O)ON)N1C(=O)c2cccc3c(C4CCN(CC(=O)OC(C)(C)C)CC4)ccc1c23. The van der Waals surface area contributed by atoms with Crippen molar-refractivity contribution in [2.24, 2.45) is 5.90 Å². The van der Waals surface area contributed by atoms with Crippen LogP contribution >= 0.6 is 0 Å². The van der Waals surface area contributed by atoms with Crippen LogP contribution in [0.2, 0.25) is 0 Å². The Morgan fingerprint density at radius 3 is 2.23 bits per heavy atom. The molecule has 0 bridgehead atoms. The van der Waals surface area contributed by atoms with Crippen molar-refractivity contribution in [1.82, 2.24) is 4.90 Å². The molecule has 0 spiro atoms. The zero-order valence-electron chi connectivity index (χ0n) is 25.7. The van der Waals surface area contributed by atoms with Gasteiger partial charge in [0.1, 0.15) is 11.6 Å². The summed E-state index contributed by atoms with van der Waals surface area (Å²) in [6.45, 7) is 17.7. The minimum atomic E-state index is -0.755. The molecule has 2 aromatic carbocycles. The summed E-state index contributed by atoms with van der Waals surface area (Å²) in [6.07, 6.45) is 4.26. The van der Waals surface area contributed by atoms with Gasteiger partial charge in [0.05, 0.1) is 12.2 Å². The molecule has 2 aliphatic heterocycles. The van der Waals surface area contributed by atoms with Gasteiger partial charge in [-0.15, -0.1) is 0 Å². The van der Waals surface area contributed by atoms with E-state index >= 15 is 0 Å². The molecular formula is C32H49N3O5. The molecule has 1 fully saturated rings. The van der Waals surface area contributed by atoms with E-state index in [1.807, 2.05) is 59.7 Å². The lowest BCUT2D eigenvalue weighted by atomic mass is 9.85. The van der Waals surface area contributed by atoms with E-state index in [1.54, 1.807) is 4.90 Å². The van der Waals surface area contributed by atoms with Gasteiger partial charge in [-0.25, -0.2) is 4.79 Å². The Bertz CT molecular complexity index is 1150. The van der Waals surface area contributed by atoms with E-state index in [0.717, 1.165) is 42.4 Å². The Kier molecular flexibility index (Phi) is 12.6. The molecule has 1 atom stereocenters. The number of rotatable bonds is 7. The standard InChI is InChI=1S/C27H35N3O5.C3H8.C2H6/c1-5-7-22(26(33)35-28)30-21-11-10-18(19-8-6-9-20(24(19)21)25(30)32)17-12-14-29(15-13-17)16-23(31)34-27(2,3)4;1-3-2;1-2/h6,8-11,17,22H,5,7,12-16,28H2,1-4H3;3H2,1-2H3;1-2H3. The highest BCUT2D eigenvalue weighted by Gasteiger charge is 2.39. The van der Waals surface area contributed by atoms with Crippen molar-refractivity contribution in [2.45, 2.75) is 105 Å². The number of carbonyl (C=O) groups is 3. The van der Waals surface area contributed by atoms with Crippen LogP contribution in [0.3, 0.4) is 0 Å². The number of nitrogens with two attached hydrogens (primary N) is 1. The Balaban J connectivity index is 0.00000105. The highest BCUT2D eigenvalue weighted by molar-refractivity contribution is 6.26. The van der Waals surface area contributed by atoms with Crippen molar-refractivity contribution in [3.8, 4) is 0 Å². The predicted octanol–water partition coefficient (Wildman–Crippen LogP) is 6.35. The maximum Gasteiger partial charge on any atom is 0.347 e. The minimum absolute atomic E-state index is 0.196. The number of carbonyl (C=O) groups excluding carboxylic acids is 3. The molecule has 222 valence electrons. The van der Waals surface area contributed by atoms with Gasteiger partial charge < -0.3 is 9.57 Å². The largest absolute Gasteiger partial charge is 0.459 e. The highest BCUT2D eigenvalue weighted by Crippen LogP contribution is 2.43. The van der Waals surface area contributed by atoms with Crippen LogP contribution in [0.15, 0.2) is 30.3 Å². The molecule has 1 amide bonds. The number of benzene rings is 2. The smallest absolute Gasteiger partial charge is 0.347 e. The van der Waals surface area contributed by atoms with E-state index < -0.39 is 17.6 Å². The summed E-state index contributed by atoms with van der Waals surface area (Å²) in [7, 11) is 0. The fourth-order valence-corrected chi connectivity index (χ4v) is 5.36. The van der Waals surface area contributed by atoms with Gasteiger partial charge in [0.2, 0.25) is 0 Å². The van der Waals surface area contributed by atoms with Crippen molar-refractivity contribution < 1.29 is 24.0 Å². The normalized spacial score (nSPS) is 16.0. The number of nitrogens with zero attached hydrogens (tertiary/aromatic N) is 2. The van der Waals surface area contributed by atoms with E-state index in [-0.39, 0.29) is 11.9 Å². The Morgan fingerprint density at radius 1 is 1.05 bits per heavy atom. The lowest BCUT2D eigenvalue weighted by Gasteiger charge is -2.33. The van der Waals surface area contributed by atoms with Crippen LogP contribution < -0.4 is 10.8 Å². The van der Waals surface area contributed by atoms with Gasteiger partial charge in [0.15, 0.2) is 0 Å². The zero-order valence-corrected chi connectivity index (χ0v) is 25.7. The van der Waals surface area contributed by atoms with Gasteiger partial charge in [0, 0.05) is 10.9 Å². The highest BCUT2D eigenvalue weighted by atomic mass is 16.7. The van der Waals surface area contributed by atoms with E-state index in [1.165, 1.54) is 12.0 Å². The average Bonchev–Trinajstić information content (AvgIpc) is 3.20. The molecule has 0 radical (unpaired) electrons. The second-order valence-electron chi connectivity index (χ2n) is 11.2. The van der Waals surface area contributed by atoms with Gasteiger partial charge in [-0.05, 0) is 82.1 Å². The third-order valence-electron chi connectivity index (χ3n) is 6.82. The van der Waals surface area contributed by atoms with Crippen LogP contribution in [-0.4, -0.2) is 54.0 Å². The monoisotopic (exact) mass is 555 g/mol. The van der Waals surface area contributed by atoms with Gasteiger partial charge in [-0.2, -0.15) is 5.90 Å². The number of esters is 1. The Labute approximate surface area is 240 Å². The van der Waals surface area contributed by atoms with E-state index in [2.05, 4.69) is 35.7 Å². The van der Waals surface area contributed by atoms with Crippen molar-refractivity contribution in [1.29, 1.82) is 0 Å². The summed E-state index contributed by atoms with van der Waals surface area (Å²) >= 11 is 0. The Morgan fingerprint density at radius 2 is 1.68 bits per heavy atom. The molecule has 2 heterocycles. The molecule has 2 aromatic rings. The number of anilines is 1. The van der Waals surface area contributed by atoms with E-state index in [4.69, 9.17) is 10.6 Å². The van der Waals surface area contributed by atoms with Gasteiger partial charge in [-0.1, -0.05) is 65.7 Å². The molecule has 1 saturated heterocycles. The number of likely N-dealkylation sites (tertiary alicyclic amines) is 1. The maximum absolute atomic E-state index is 13.4. The van der Waals surface area contributed by atoms with Gasteiger partial charge >= 0.3 is 11.9 Å². The molecule has 1 unspecified atom stereocenters. The zero-order chi connectivity index (χ0) is 30.0. The summed E-state index contributed by atoms with van der Waals surface area (Å²) in [5, 5.41) is 1.93. The Hall–Kier alpha value is -2.97. The van der Waals surface area contributed by atoms with Crippen molar-refractivity contribution >= 4 is 34.3 Å². The number of amides is 1. The number of hydrogen-bond donors (Lipinski definition) is 1. The quantitative estimate of drug-likeness (QED) is 0.314. The molecule has 2 aliphatic rings. The maximum atomic E-state index is 13.4. The molecule has 40 heavy (non-hydrogen) atoms. The first-order chi connectivity index (χ1) is 19.1. The van der Waals surface area contributed by atoms with Gasteiger partial charge in [-0.3, -0.25) is 19.4 Å². The lowest BCUT2D eigenvalue weighted by Crippen LogP contribution is -2.45.